The molecule has 0 bridgehead atoms. The zero-order chi connectivity index (χ0) is 18.1. The number of carbonyl (C=O) groups excluding carboxylic acids is 1. The lowest BCUT2D eigenvalue weighted by Crippen LogP contribution is -2.16. The Kier molecular flexibility index (Phi) is 4.17. The molecule has 0 spiro atoms. The van der Waals surface area contributed by atoms with E-state index in [-0.39, 0.29) is 11.3 Å². The smallest absolute Gasteiger partial charge is 0.221 e. The number of nitrogens with one attached hydrogen (secondary N) is 1. The monoisotopic (exact) mass is 345 g/mol. The second kappa shape index (κ2) is 6.64. The van der Waals surface area contributed by atoms with Gasteiger partial charge in [-0.1, -0.05) is 30.3 Å². The van der Waals surface area contributed by atoms with Crippen LogP contribution in [0.5, 0.6) is 0 Å². The van der Waals surface area contributed by atoms with Crippen molar-refractivity contribution in [3.05, 3.63) is 75.6 Å². The minimum atomic E-state index is -0.158. The first kappa shape index (κ1) is 16.3. The van der Waals surface area contributed by atoms with Crippen LogP contribution in [0.15, 0.2) is 57.7 Å². The molecule has 0 fully saturated rings. The molecule has 3 aromatic rings. The number of amides is 1. The highest BCUT2D eigenvalue weighted by molar-refractivity contribution is 5.92. The van der Waals surface area contributed by atoms with Crippen LogP contribution in [0.1, 0.15) is 36.7 Å². The molecule has 1 N–H and O–H groups in total. The molecular weight excluding hydrogens is 326 g/mol. The zero-order valence-electron chi connectivity index (χ0n) is 14.5. The number of rotatable bonds is 2. The Hall–Kier alpha value is -3.14. The molecule has 4 rings (SSSR count). The van der Waals surface area contributed by atoms with E-state index in [1.807, 2.05) is 30.3 Å². The SMILES string of the molecule is CC(=O)Nc1ccc2c(=O)c3c(oc2c1)C(=Cc1ccccc1)CCC3. The Morgan fingerprint density at radius 3 is 2.69 bits per heavy atom. The molecule has 4 nitrogen and oxygen atoms in total. The molecule has 0 saturated heterocycles. The molecule has 2 aromatic carbocycles. The van der Waals surface area contributed by atoms with E-state index in [4.69, 9.17) is 4.42 Å². The van der Waals surface area contributed by atoms with Crippen LogP contribution in [-0.4, -0.2) is 5.91 Å². The van der Waals surface area contributed by atoms with Gasteiger partial charge >= 0.3 is 0 Å². The summed E-state index contributed by atoms with van der Waals surface area (Å²) in [7, 11) is 0. The van der Waals surface area contributed by atoms with Crippen LogP contribution in [0, 0.1) is 0 Å². The van der Waals surface area contributed by atoms with Crippen LogP contribution in [0.3, 0.4) is 0 Å². The summed E-state index contributed by atoms with van der Waals surface area (Å²) in [6.45, 7) is 1.45. The molecule has 0 aliphatic heterocycles. The molecule has 4 heteroatoms. The van der Waals surface area contributed by atoms with Crippen LogP contribution in [0.2, 0.25) is 0 Å². The first-order valence-corrected chi connectivity index (χ1v) is 8.75. The fourth-order valence-electron chi connectivity index (χ4n) is 3.46. The Bertz CT molecular complexity index is 1080. The van der Waals surface area contributed by atoms with Crippen molar-refractivity contribution in [1.82, 2.24) is 0 Å². The van der Waals surface area contributed by atoms with Gasteiger partial charge < -0.3 is 9.73 Å². The number of hydrogen-bond acceptors (Lipinski definition) is 3. The van der Waals surface area contributed by atoms with Crippen molar-refractivity contribution in [3.63, 3.8) is 0 Å². The number of benzene rings is 2. The number of carbonyl (C=O) groups is 1. The van der Waals surface area contributed by atoms with Crippen molar-refractivity contribution in [3.8, 4) is 0 Å². The molecular formula is C22H19NO3. The molecule has 0 unspecified atom stereocenters. The second-order valence-electron chi connectivity index (χ2n) is 6.56. The molecule has 1 amide bonds. The van der Waals surface area contributed by atoms with Crippen molar-refractivity contribution >= 4 is 34.2 Å². The Morgan fingerprint density at radius 2 is 1.92 bits per heavy atom. The topological polar surface area (TPSA) is 59.3 Å². The number of allylic oxidation sites excluding steroid dienone is 1. The Balaban J connectivity index is 1.88. The normalized spacial score (nSPS) is 15.0. The Labute approximate surface area is 151 Å². The van der Waals surface area contributed by atoms with Crippen LogP contribution < -0.4 is 10.7 Å². The van der Waals surface area contributed by atoms with Gasteiger partial charge in [-0.05, 0) is 48.6 Å². The van der Waals surface area contributed by atoms with E-state index in [9.17, 15) is 9.59 Å². The minimum Gasteiger partial charge on any atom is -0.456 e. The third-order valence-electron chi connectivity index (χ3n) is 4.61. The summed E-state index contributed by atoms with van der Waals surface area (Å²) in [5.74, 6) is 0.520. The zero-order valence-corrected chi connectivity index (χ0v) is 14.5. The van der Waals surface area contributed by atoms with Gasteiger partial charge in [0.25, 0.3) is 0 Å². The molecule has 130 valence electrons. The van der Waals surface area contributed by atoms with Gasteiger partial charge in [0.1, 0.15) is 11.3 Å². The van der Waals surface area contributed by atoms with Gasteiger partial charge in [0.05, 0.1) is 5.39 Å². The van der Waals surface area contributed by atoms with E-state index in [0.717, 1.165) is 36.0 Å². The van der Waals surface area contributed by atoms with Gasteiger partial charge in [-0.15, -0.1) is 0 Å². The average Bonchev–Trinajstić information content (AvgIpc) is 2.63. The Morgan fingerprint density at radius 1 is 1.12 bits per heavy atom. The van der Waals surface area contributed by atoms with E-state index >= 15 is 0 Å². The predicted octanol–water partition coefficient (Wildman–Crippen LogP) is 4.63. The first-order valence-electron chi connectivity index (χ1n) is 8.75. The largest absolute Gasteiger partial charge is 0.456 e. The van der Waals surface area contributed by atoms with Gasteiger partial charge in [-0.3, -0.25) is 9.59 Å². The maximum atomic E-state index is 12.9. The number of hydrogen-bond donors (Lipinski definition) is 1. The summed E-state index contributed by atoms with van der Waals surface area (Å²) in [5.41, 5.74) is 4.03. The van der Waals surface area contributed by atoms with Crippen molar-refractivity contribution < 1.29 is 9.21 Å². The fourth-order valence-corrected chi connectivity index (χ4v) is 3.46. The molecule has 0 radical (unpaired) electrons. The third kappa shape index (κ3) is 3.06. The lowest BCUT2D eigenvalue weighted by Gasteiger charge is -2.18. The van der Waals surface area contributed by atoms with E-state index in [1.165, 1.54) is 6.92 Å². The second-order valence-corrected chi connectivity index (χ2v) is 6.56. The quantitative estimate of drug-likeness (QED) is 0.737. The lowest BCUT2D eigenvalue weighted by molar-refractivity contribution is -0.114. The van der Waals surface area contributed by atoms with E-state index in [1.54, 1.807) is 18.2 Å². The van der Waals surface area contributed by atoms with Crippen LogP contribution in [0.25, 0.3) is 22.6 Å². The van der Waals surface area contributed by atoms with E-state index < -0.39 is 0 Å². The van der Waals surface area contributed by atoms with Crippen molar-refractivity contribution in [2.45, 2.75) is 26.2 Å². The summed E-state index contributed by atoms with van der Waals surface area (Å²) < 4.78 is 6.15. The maximum Gasteiger partial charge on any atom is 0.221 e. The van der Waals surface area contributed by atoms with Crippen LogP contribution >= 0.6 is 0 Å². The van der Waals surface area contributed by atoms with Gasteiger partial charge in [-0.25, -0.2) is 0 Å². The maximum absolute atomic E-state index is 12.9. The third-order valence-corrected chi connectivity index (χ3v) is 4.61. The summed E-state index contributed by atoms with van der Waals surface area (Å²) in [6, 6.07) is 15.2. The number of fused-ring (bicyclic) bond motifs is 2. The van der Waals surface area contributed by atoms with Crippen LogP contribution in [-0.2, 0) is 11.2 Å². The highest BCUT2D eigenvalue weighted by Gasteiger charge is 2.22. The van der Waals surface area contributed by atoms with E-state index in [2.05, 4.69) is 11.4 Å². The number of anilines is 1. The van der Waals surface area contributed by atoms with E-state index in [0.29, 0.717) is 22.4 Å². The van der Waals surface area contributed by atoms with Crippen LogP contribution in [0.4, 0.5) is 5.69 Å². The molecule has 0 saturated carbocycles. The first-order chi connectivity index (χ1) is 12.6. The molecule has 1 aliphatic carbocycles. The van der Waals surface area contributed by atoms with Gasteiger partial charge in [0.2, 0.25) is 5.91 Å². The molecule has 1 heterocycles. The lowest BCUT2D eigenvalue weighted by atomic mass is 9.90. The standard InChI is InChI=1S/C22H19NO3/c1-14(24)23-17-10-11-18-20(13-17)26-22-16(8-5-9-19(22)21(18)25)12-15-6-3-2-4-7-15/h2-4,6-7,10-13H,5,8-9H2,1H3,(H,23,24). The van der Waals surface area contributed by atoms with Gasteiger partial charge in [-0.2, -0.15) is 0 Å². The molecule has 1 aliphatic rings. The van der Waals surface area contributed by atoms with Crippen molar-refractivity contribution in [2.75, 3.05) is 5.32 Å². The summed E-state index contributed by atoms with van der Waals surface area (Å²) in [4.78, 5) is 24.2. The van der Waals surface area contributed by atoms with Gasteiger partial charge in [0, 0.05) is 24.2 Å². The fraction of sp³-hybridized carbons (Fsp3) is 0.182. The molecule has 26 heavy (non-hydrogen) atoms. The predicted molar refractivity (Wildman–Crippen MR) is 104 cm³/mol. The average molecular weight is 345 g/mol. The summed E-state index contributed by atoms with van der Waals surface area (Å²) in [5, 5.41) is 3.29. The van der Waals surface area contributed by atoms with Crippen molar-refractivity contribution in [2.24, 2.45) is 0 Å². The minimum absolute atomic E-state index is 0.0225. The highest BCUT2D eigenvalue weighted by Crippen LogP contribution is 2.33. The molecule has 0 atom stereocenters. The van der Waals surface area contributed by atoms with Gasteiger partial charge in [0.15, 0.2) is 5.43 Å². The summed E-state index contributed by atoms with van der Waals surface area (Å²) in [6.07, 6.45) is 4.63. The van der Waals surface area contributed by atoms with Crippen molar-refractivity contribution in [1.29, 1.82) is 0 Å². The summed E-state index contributed by atoms with van der Waals surface area (Å²) >= 11 is 0. The molecule has 1 aromatic heterocycles. The highest BCUT2D eigenvalue weighted by atomic mass is 16.3.